The van der Waals surface area contributed by atoms with Crippen LogP contribution in [0, 0.1) is 6.92 Å². The van der Waals surface area contributed by atoms with Crippen LogP contribution in [-0.4, -0.2) is 40.4 Å². The number of aryl methyl sites for hydroxylation is 1. The molecule has 2 aromatic rings. The summed E-state index contributed by atoms with van der Waals surface area (Å²) in [6.45, 7) is 2.77. The Hall–Kier alpha value is -2.89. The molecule has 0 aliphatic rings. The lowest BCUT2D eigenvalue weighted by atomic mass is 10.1. The molecule has 0 unspecified atom stereocenters. The van der Waals surface area contributed by atoms with Gasteiger partial charge < -0.3 is 24.3 Å². The maximum absolute atomic E-state index is 12.3. The first-order chi connectivity index (χ1) is 12.1. The molecule has 0 radical (unpaired) electrons. The standard InChI is InChI=1S/C19H23NO5/c1-13-5-7-15(8-6-13)25-10-9-20-19(21)14-11-16(22-2)18(24-4)17(12-14)23-3/h5-8,11-12H,9-10H2,1-4H3,(H,20,21). The Morgan fingerprint density at radius 1 is 0.960 bits per heavy atom. The molecule has 0 aliphatic carbocycles. The maximum Gasteiger partial charge on any atom is 0.251 e. The predicted octanol–water partition coefficient (Wildman–Crippen LogP) is 2.83. The summed E-state index contributed by atoms with van der Waals surface area (Å²) in [6, 6.07) is 11.0. The van der Waals surface area contributed by atoms with Gasteiger partial charge in [-0.3, -0.25) is 4.79 Å². The van der Waals surface area contributed by atoms with E-state index in [4.69, 9.17) is 18.9 Å². The number of benzene rings is 2. The van der Waals surface area contributed by atoms with Gasteiger partial charge in [0.05, 0.1) is 27.9 Å². The van der Waals surface area contributed by atoms with Crippen LogP contribution >= 0.6 is 0 Å². The van der Waals surface area contributed by atoms with Crippen LogP contribution in [0.15, 0.2) is 36.4 Å². The Morgan fingerprint density at radius 3 is 2.08 bits per heavy atom. The van der Waals surface area contributed by atoms with E-state index in [1.54, 1.807) is 12.1 Å². The fourth-order valence-corrected chi connectivity index (χ4v) is 2.28. The highest BCUT2D eigenvalue weighted by Crippen LogP contribution is 2.38. The second-order valence-corrected chi connectivity index (χ2v) is 5.33. The zero-order chi connectivity index (χ0) is 18.2. The van der Waals surface area contributed by atoms with Gasteiger partial charge in [0.2, 0.25) is 5.75 Å². The Morgan fingerprint density at radius 2 is 1.56 bits per heavy atom. The van der Waals surface area contributed by atoms with Crippen molar-refractivity contribution in [3.63, 3.8) is 0 Å². The first-order valence-corrected chi connectivity index (χ1v) is 7.86. The molecule has 0 aliphatic heterocycles. The molecule has 0 bridgehead atoms. The van der Waals surface area contributed by atoms with Crippen molar-refractivity contribution in [1.29, 1.82) is 0 Å². The Balaban J connectivity index is 1.95. The van der Waals surface area contributed by atoms with Gasteiger partial charge in [-0.15, -0.1) is 0 Å². The van der Waals surface area contributed by atoms with Gasteiger partial charge in [-0.2, -0.15) is 0 Å². The van der Waals surface area contributed by atoms with Crippen molar-refractivity contribution in [2.45, 2.75) is 6.92 Å². The molecule has 134 valence electrons. The van der Waals surface area contributed by atoms with E-state index >= 15 is 0 Å². The number of carbonyl (C=O) groups is 1. The van der Waals surface area contributed by atoms with Crippen LogP contribution in [0.4, 0.5) is 0 Å². The largest absolute Gasteiger partial charge is 0.493 e. The fraction of sp³-hybridized carbons (Fsp3) is 0.316. The van der Waals surface area contributed by atoms with Crippen molar-refractivity contribution in [2.75, 3.05) is 34.5 Å². The summed E-state index contributed by atoms with van der Waals surface area (Å²) >= 11 is 0. The van der Waals surface area contributed by atoms with Crippen LogP contribution in [0.25, 0.3) is 0 Å². The first-order valence-electron chi connectivity index (χ1n) is 7.86. The van der Waals surface area contributed by atoms with Crippen LogP contribution in [-0.2, 0) is 0 Å². The van der Waals surface area contributed by atoms with Gasteiger partial charge in [0.15, 0.2) is 11.5 Å². The molecular formula is C19H23NO5. The zero-order valence-electron chi connectivity index (χ0n) is 14.9. The van der Waals surface area contributed by atoms with E-state index in [-0.39, 0.29) is 5.91 Å². The Bertz CT molecular complexity index is 687. The molecule has 0 fully saturated rings. The van der Waals surface area contributed by atoms with E-state index in [0.717, 1.165) is 5.75 Å². The SMILES string of the molecule is COc1cc(C(=O)NCCOc2ccc(C)cc2)cc(OC)c1OC. The lowest BCUT2D eigenvalue weighted by Crippen LogP contribution is -2.28. The minimum Gasteiger partial charge on any atom is -0.493 e. The summed E-state index contributed by atoms with van der Waals surface area (Å²) in [4.78, 5) is 12.3. The predicted molar refractivity (Wildman–Crippen MR) is 95.1 cm³/mol. The van der Waals surface area contributed by atoms with Crippen LogP contribution in [0.1, 0.15) is 15.9 Å². The molecule has 0 saturated carbocycles. The van der Waals surface area contributed by atoms with E-state index in [9.17, 15) is 4.79 Å². The third-order valence-electron chi connectivity index (χ3n) is 3.60. The van der Waals surface area contributed by atoms with Crippen molar-refractivity contribution >= 4 is 5.91 Å². The lowest BCUT2D eigenvalue weighted by Gasteiger charge is -2.14. The number of methoxy groups -OCH3 is 3. The van der Waals surface area contributed by atoms with Gasteiger partial charge in [0.1, 0.15) is 12.4 Å². The number of amides is 1. The van der Waals surface area contributed by atoms with Crippen LogP contribution in [0.3, 0.4) is 0 Å². The molecule has 6 heteroatoms. The lowest BCUT2D eigenvalue weighted by molar-refractivity contribution is 0.0946. The number of carbonyl (C=O) groups excluding carboxylic acids is 1. The average Bonchev–Trinajstić information content (AvgIpc) is 2.65. The highest BCUT2D eigenvalue weighted by Gasteiger charge is 2.16. The van der Waals surface area contributed by atoms with Gasteiger partial charge in [-0.25, -0.2) is 0 Å². The van der Waals surface area contributed by atoms with Gasteiger partial charge in [-0.1, -0.05) is 17.7 Å². The van der Waals surface area contributed by atoms with E-state index < -0.39 is 0 Å². The molecule has 0 spiro atoms. The number of nitrogens with one attached hydrogen (secondary N) is 1. The molecule has 0 atom stereocenters. The maximum atomic E-state index is 12.3. The van der Waals surface area contributed by atoms with Crippen LogP contribution in [0.5, 0.6) is 23.0 Å². The molecule has 2 aromatic carbocycles. The molecule has 25 heavy (non-hydrogen) atoms. The van der Waals surface area contributed by atoms with Crippen molar-refractivity contribution in [1.82, 2.24) is 5.32 Å². The topological polar surface area (TPSA) is 66.0 Å². The minimum atomic E-state index is -0.244. The quantitative estimate of drug-likeness (QED) is 0.745. The highest BCUT2D eigenvalue weighted by molar-refractivity contribution is 5.95. The van der Waals surface area contributed by atoms with Crippen LogP contribution in [0.2, 0.25) is 0 Å². The van der Waals surface area contributed by atoms with Crippen molar-refractivity contribution < 1.29 is 23.7 Å². The van der Waals surface area contributed by atoms with Crippen molar-refractivity contribution in [2.24, 2.45) is 0 Å². The fourth-order valence-electron chi connectivity index (χ4n) is 2.28. The molecule has 1 amide bonds. The summed E-state index contributed by atoms with van der Waals surface area (Å²) in [7, 11) is 4.53. The molecule has 1 N–H and O–H groups in total. The number of rotatable bonds is 8. The summed E-state index contributed by atoms with van der Waals surface area (Å²) in [5.41, 5.74) is 1.59. The monoisotopic (exact) mass is 345 g/mol. The van der Waals surface area contributed by atoms with Crippen molar-refractivity contribution in [3.8, 4) is 23.0 Å². The third kappa shape index (κ3) is 4.79. The first kappa shape index (κ1) is 18.4. The number of hydrogen-bond donors (Lipinski definition) is 1. The third-order valence-corrected chi connectivity index (χ3v) is 3.60. The van der Waals surface area contributed by atoms with E-state index in [2.05, 4.69) is 5.32 Å². The highest BCUT2D eigenvalue weighted by atomic mass is 16.5. The van der Waals surface area contributed by atoms with Crippen molar-refractivity contribution in [3.05, 3.63) is 47.5 Å². The van der Waals surface area contributed by atoms with Gasteiger partial charge >= 0.3 is 0 Å². The van der Waals surface area contributed by atoms with Crippen LogP contribution < -0.4 is 24.3 Å². The molecule has 6 nitrogen and oxygen atoms in total. The summed E-state index contributed by atoms with van der Waals surface area (Å²) in [6.07, 6.45) is 0. The second-order valence-electron chi connectivity index (χ2n) is 5.33. The summed E-state index contributed by atoms with van der Waals surface area (Å²) in [5, 5.41) is 2.80. The minimum absolute atomic E-state index is 0.244. The molecular weight excluding hydrogens is 322 g/mol. The van der Waals surface area contributed by atoms with E-state index in [1.807, 2.05) is 31.2 Å². The van der Waals surface area contributed by atoms with Gasteiger partial charge in [0, 0.05) is 5.56 Å². The summed E-state index contributed by atoms with van der Waals surface area (Å²) in [5.74, 6) is 1.84. The number of ether oxygens (including phenoxy) is 4. The zero-order valence-corrected chi connectivity index (χ0v) is 14.9. The number of hydrogen-bond acceptors (Lipinski definition) is 5. The second kappa shape index (κ2) is 8.82. The molecule has 0 aromatic heterocycles. The van der Waals surface area contributed by atoms with Gasteiger partial charge in [0.25, 0.3) is 5.91 Å². The summed E-state index contributed by atoms with van der Waals surface area (Å²) < 4.78 is 21.3. The molecule has 0 saturated heterocycles. The van der Waals surface area contributed by atoms with Gasteiger partial charge in [-0.05, 0) is 31.2 Å². The Labute approximate surface area is 147 Å². The molecule has 2 rings (SSSR count). The van der Waals surface area contributed by atoms with E-state index in [0.29, 0.717) is 36.0 Å². The average molecular weight is 345 g/mol. The molecule has 0 heterocycles. The van der Waals surface area contributed by atoms with E-state index in [1.165, 1.54) is 26.9 Å². The Kier molecular flexibility index (Phi) is 6.51. The normalized spacial score (nSPS) is 10.1. The smallest absolute Gasteiger partial charge is 0.251 e.